The van der Waals surface area contributed by atoms with Gasteiger partial charge in [-0.2, -0.15) is 0 Å². The van der Waals surface area contributed by atoms with Gasteiger partial charge in [0.05, 0.1) is 26.5 Å². The summed E-state index contributed by atoms with van der Waals surface area (Å²) in [5, 5.41) is 4.67. The molecule has 0 bridgehead atoms. The molecule has 0 aliphatic heterocycles. The molecule has 4 rings (SSSR count). The molecule has 0 saturated carbocycles. The molecule has 1 aromatic heterocycles. The number of hydrogen-bond donors (Lipinski definition) is 1. The number of thiazole rings is 1. The van der Waals surface area contributed by atoms with Crippen LogP contribution in [0.15, 0.2) is 65.1 Å². The second-order valence-electron chi connectivity index (χ2n) is 5.75. The molecule has 0 saturated heterocycles. The third-order valence-corrected chi connectivity index (χ3v) is 6.05. The Morgan fingerprint density at radius 3 is 2.67 bits per heavy atom. The summed E-state index contributed by atoms with van der Waals surface area (Å²) in [5.74, 6) is -0.300. The number of fused-ring (bicyclic) bond motifs is 1. The minimum Gasteiger partial charge on any atom is -0.321 e. The number of rotatable bonds is 3. The summed E-state index contributed by atoms with van der Waals surface area (Å²) in [6.07, 6.45) is 0. The summed E-state index contributed by atoms with van der Waals surface area (Å²) < 4.78 is 1.85. The van der Waals surface area contributed by atoms with Gasteiger partial charge in [-0.05, 0) is 48.5 Å². The number of anilines is 1. The highest BCUT2D eigenvalue weighted by molar-refractivity contribution is 9.10. The Morgan fingerprint density at radius 1 is 1.04 bits per heavy atom. The van der Waals surface area contributed by atoms with Crippen molar-refractivity contribution in [3.05, 3.63) is 80.7 Å². The van der Waals surface area contributed by atoms with Crippen molar-refractivity contribution < 1.29 is 4.79 Å². The summed E-state index contributed by atoms with van der Waals surface area (Å²) >= 11 is 17.3. The number of amides is 1. The van der Waals surface area contributed by atoms with Crippen molar-refractivity contribution in [1.82, 2.24) is 4.98 Å². The molecule has 1 heterocycles. The Hall–Kier alpha value is -1.92. The molecule has 0 fully saturated rings. The quantitative estimate of drug-likeness (QED) is 0.336. The van der Waals surface area contributed by atoms with E-state index in [1.165, 1.54) is 0 Å². The van der Waals surface area contributed by atoms with Crippen LogP contribution in [0.3, 0.4) is 0 Å². The SMILES string of the molecule is O=C(Nc1ccc(Cl)cc1-c1nc2ccccc2s1)c1cc(Br)ccc1Cl. The molecule has 27 heavy (non-hydrogen) atoms. The van der Waals surface area contributed by atoms with Crippen LogP contribution in [-0.2, 0) is 0 Å². The maximum absolute atomic E-state index is 12.8. The molecular weight excluding hydrogens is 467 g/mol. The number of hydrogen-bond acceptors (Lipinski definition) is 3. The van der Waals surface area contributed by atoms with Crippen LogP contribution in [0.4, 0.5) is 5.69 Å². The van der Waals surface area contributed by atoms with Gasteiger partial charge in [0.1, 0.15) is 5.01 Å². The van der Waals surface area contributed by atoms with Gasteiger partial charge in [0.2, 0.25) is 0 Å². The van der Waals surface area contributed by atoms with Crippen LogP contribution >= 0.6 is 50.5 Å². The molecule has 1 N–H and O–H groups in total. The molecule has 7 heteroatoms. The summed E-state index contributed by atoms with van der Waals surface area (Å²) in [5.41, 5.74) is 2.68. The van der Waals surface area contributed by atoms with E-state index in [1.807, 2.05) is 24.3 Å². The lowest BCUT2D eigenvalue weighted by Gasteiger charge is -2.11. The van der Waals surface area contributed by atoms with Crippen LogP contribution in [0, 0.1) is 0 Å². The summed E-state index contributed by atoms with van der Waals surface area (Å²) in [6.45, 7) is 0. The van der Waals surface area contributed by atoms with E-state index in [4.69, 9.17) is 23.2 Å². The van der Waals surface area contributed by atoms with E-state index in [2.05, 4.69) is 26.2 Å². The first-order valence-electron chi connectivity index (χ1n) is 7.93. The third kappa shape index (κ3) is 3.87. The molecule has 0 atom stereocenters. The number of carbonyl (C=O) groups is 1. The zero-order valence-corrected chi connectivity index (χ0v) is 17.6. The number of aromatic nitrogens is 1. The van der Waals surface area contributed by atoms with Gasteiger partial charge in [0.25, 0.3) is 5.91 Å². The molecule has 0 aliphatic carbocycles. The van der Waals surface area contributed by atoms with Crippen LogP contribution in [-0.4, -0.2) is 10.9 Å². The Balaban J connectivity index is 1.75. The average Bonchev–Trinajstić information content (AvgIpc) is 3.09. The van der Waals surface area contributed by atoms with Crippen molar-refractivity contribution in [1.29, 1.82) is 0 Å². The Labute approximate surface area is 178 Å². The number of carbonyl (C=O) groups excluding carboxylic acids is 1. The molecule has 4 aromatic rings. The first kappa shape index (κ1) is 18.4. The molecule has 3 aromatic carbocycles. The van der Waals surface area contributed by atoms with Gasteiger partial charge in [0, 0.05) is 15.1 Å². The van der Waals surface area contributed by atoms with Crippen molar-refractivity contribution in [2.24, 2.45) is 0 Å². The first-order chi connectivity index (χ1) is 13.0. The predicted molar refractivity (Wildman–Crippen MR) is 117 cm³/mol. The zero-order valence-electron chi connectivity index (χ0n) is 13.7. The lowest BCUT2D eigenvalue weighted by atomic mass is 10.1. The number of nitrogens with zero attached hydrogens (tertiary/aromatic N) is 1. The van der Waals surface area contributed by atoms with Gasteiger partial charge in [-0.3, -0.25) is 4.79 Å². The molecule has 0 radical (unpaired) electrons. The summed E-state index contributed by atoms with van der Waals surface area (Å²) in [4.78, 5) is 17.4. The fourth-order valence-electron chi connectivity index (χ4n) is 2.65. The zero-order chi connectivity index (χ0) is 19.0. The van der Waals surface area contributed by atoms with Crippen molar-refractivity contribution in [2.45, 2.75) is 0 Å². The van der Waals surface area contributed by atoms with Crippen LogP contribution in [0.1, 0.15) is 10.4 Å². The fourth-order valence-corrected chi connectivity index (χ4v) is 4.38. The Bertz CT molecular complexity index is 1140. The molecule has 3 nitrogen and oxygen atoms in total. The van der Waals surface area contributed by atoms with Gasteiger partial charge in [-0.25, -0.2) is 4.98 Å². The van der Waals surface area contributed by atoms with E-state index in [-0.39, 0.29) is 5.91 Å². The fraction of sp³-hybridized carbons (Fsp3) is 0. The second kappa shape index (κ2) is 7.60. The smallest absolute Gasteiger partial charge is 0.257 e. The van der Waals surface area contributed by atoms with E-state index in [0.717, 1.165) is 25.3 Å². The largest absolute Gasteiger partial charge is 0.321 e. The monoisotopic (exact) mass is 476 g/mol. The van der Waals surface area contributed by atoms with Crippen molar-refractivity contribution in [2.75, 3.05) is 5.32 Å². The lowest BCUT2D eigenvalue weighted by Crippen LogP contribution is -2.13. The summed E-state index contributed by atoms with van der Waals surface area (Å²) in [7, 11) is 0. The number of nitrogens with one attached hydrogen (secondary N) is 1. The van der Waals surface area contributed by atoms with E-state index in [1.54, 1.807) is 47.7 Å². The van der Waals surface area contributed by atoms with Gasteiger partial charge in [-0.1, -0.05) is 51.3 Å². The standard InChI is InChI=1S/C20H11BrCl2N2OS/c21-11-5-7-15(23)13(9-11)19(26)24-16-8-6-12(22)10-14(16)20-25-17-3-1-2-4-18(17)27-20/h1-10H,(H,24,26). The first-order valence-corrected chi connectivity index (χ1v) is 10.3. The highest BCUT2D eigenvalue weighted by Crippen LogP contribution is 2.36. The molecule has 134 valence electrons. The molecule has 0 spiro atoms. The predicted octanol–water partition coefficient (Wildman–Crippen LogP) is 7.28. The lowest BCUT2D eigenvalue weighted by molar-refractivity contribution is 0.102. The highest BCUT2D eigenvalue weighted by atomic mass is 79.9. The molecule has 1 amide bonds. The van der Waals surface area contributed by atoms with Gasteiger partial charge < -0.3 is 5.32 Å². The average molecular weight is 478 g/mol. The molecular formula is C20H11BrCl2N2OS. The van der Waals surface area contributed by atoms with Crippen molar-refractivity contribution >= 4 is 72.3 Å². The van der Waals surface area contributed by atoms with Gasteiger partial charge in [0.15, 0.2) is 0 Å². The maximum Gasteiger partial charge on any atom is 0.257 e. The second-order valence-corrected chi connectivity index (χ2v) is 8.54. The molecule has 0 unspecified atom stereocenters. The highest BCUT2D eigenvalue weighted by Gasteiger charge is 2.16. The topological polar surface area (TPSA) is 42.0 Å². The van der Waals surface area contributed by atoms with Gasteiger partial charge >= 0.3 is 0 Å². The minimum atomic E-state index is -0.300. The number of halogens is 3. The normalized spacial score (nSPS) is 10.9. The van der Waals surface area contributed by atoms with E-state index in [9.17, 15) is 4.79 Å². The van der Waals surface area contributed by atoms with Crippen LogP contribution in [0.25, 0.3) is 20.8 Å². The molecule has 0 aliphatic rings. The van der Waals surface area contributed by atoms with Crippen LogP contribution in [0.5, 0.6) is 0 Å². The Morgan fingerprint density at radius 2 is 1.85 bits per heavy atom. The summed E-state index contributed by atoms with van der Waals surface area (Å²) in [6, 6.07) is 18.3. The van der Waals surface area contributed by atoms with Crippen LogP contribution in [0.2, 0.25) is 10.0 Å². The third-order valence-electron chi connectivity index (χ3n) is 3.93. The van der Waals surface area contributed by atoms with E-state index < -0.39 is 0 Å². The van der Waals surface area contributed by atoms with Crippen molar-refractivity contribution in [3.8, 4) is 10.6 Å². The number of benzene rings is 3. The van der Waals surface area contributed by atoms with Gasteiger partial charge in [-0.15, -0.1) is 11.3 Å². The maximum atomic E-state index is 12.8. The van der Waals surface area contributed by atoms with E-state index >= 15 is 0 Å². The van der Waals surface area contributed by atoms with E-state index in [0.29, 0.717) is 21.3 Å². The Kier molecular flexibility index (Phi) is 5.19. The number of para-hydroxylation sites is 1. The minimum absolute atomic E-state index is 0.300. The van der Waals surface area contributed by atoms with Crippen LogP contribution < -0.4 is 5.32 Å². The van der Waals surface area contributed by atoms with Crippen molar-refractivity contribution in [3.63, 3.8) is 0 Å².